The lowest BCUT2D eigenvalue weighted by atomic mass is 10.4. The van der Waals surface area contributed by atoms with Crippen LogP contribution in [-0.4, -0.2) is 26.8 Å². The number of nitrogens with one attached hydrogen (secondary N) is 2. The minimum absolute atomic E-state index is 0.358. The van der Waals surface area contributed by atoms with Gasteiger partial charge in [-0.25, -0.2) is 13.1 Å². The molecule has 0 bridgehead atoms. The molecule has 0 aliphatic carbocycles. The van der Waals surface area contributed by atoms with Gasteiger partial charge in [0.2, 0.25) is 10.0 Å². The van der Waals surface area contributed by atoms with E-state index in [1.807, 2.05) is 12.1 Å². The SMILES string of the molecule is CCCNCC(C)S(=O)(=O)NCc1ccc(Br)s1. The third-order valence-corrected chi connectivity index (χ3v) is 5.86. The third kappa shape index (κ3) is 5.36. The normalized spacial score (nSPS) is 13.7. The second-order valence-corrected chi connectivity index (χ2v) is 8.82. The molecule has 0 aliphatic heterocycles. The Balaban J connectivity index is 2.43. The highest BCUT2D eigenvalue weighted by atomic mass is 79.9. The van der Waals surface area contributed by atoms with E-state index in [-0.39, 0.29) is 0 Å². The van der Waals surface area contributed by atoms with E-state index in [4.69, 9.17) is 0 Å². The minimum atomic E-state index is -3.25. The molecule has 104 valence electrons. The van der Waals surface area contributed by atoms with Gasteiger partial charge in [-0.3, -0.25) is 0 Å². The van der Waals surface area contributed by atoms with Crippen molar-refractivity contribution in [3.63, 3.8) is 0 Å². The molecular formula is C11H19BrN2O2S2. The van der Waals surface area contributed by atoms with Gasteiger partial charge in [-0.15, -0.1) is 11.3 Å². The van der Waals surface area contributed by atoms with Crippen molar-refractivity contribution in [1.82, 2.24) is 10.0 Å². The van der Waals surface area contributed by atoms with Crippen LogP contribution in [0.1, 0.15) is 25.1 Å². The molecule has 0 aromatic carbocycles. The summed E-state index contributed by atoms with van der Waals surface area (Å²) in [4.78, 5) is 0.999. The Bertz CT molecular complexity index is 459. The van der Waals surface area contributed by atoms with Gasteiger partial charge in [0.1, 0.15) is 0 Å². The van der Waals surface area contributed by atoms with Crippen LogP contribution < -0.4 is 10.0 Å². The molecule has 2 N–H and O–H groups in total. The van der Waals surface area contributed by atoms with Gasteiger partial charge in [0.15, 0.2) is 0 Å². The van der Waals surface area contributed by atoms with Crippen LogP contribution in [0.3, 0.4) is 0 Å². The van der Waals surface area contributed by atoms with Crippen LogP contribution in [0.4, 0.5) is 0 Å². The van der Waals surface area contributed by atoms with E-state index in [0.717, 1.165) is 21.6 Å². The Labute approximate surface area is 121 Å². The first kappa shape index (κ1) is 16.1. The molecule has 18 heavy (non-hydrogen) atoms. The van der Waals surface area contributed by atoms with Gasteiger partial charge in [0, 0.05) is 18.0 Å². The standard InChI is InChI=1S/C11H19BrN2O2S2/c1-3-6-13-7-9(2)18(15,16)14-8-10-4-5-11(12)17-10/h4-5,9,13-14H,3,6-8H2,1-2H3. The fourth-order valence-corrected chi connectivity index (χ4v) is 3.85. The topological polar surface area (TPSA) is 58.2 Å². The molecule has 0 amide bonds. The summed E-state index contributed by atoms with van der Waals surface area (Å²) in [5, 5.41) is 2.70. The summed E-state index contributed by atoms with van der Waals surface area (Å²) in [6.07, 6.45) is 1.00. The lowest BCUT2D eigenvalue weighted by Gasteiger charge is -2.14. The van der Waals surface area contributed by atoms with E-state index < -0.39 is 15.3 Å². The zero-order valence-electron chi connectivity index (χ0n) is 10.6. The van der Waals surface area contributed by atoms with Crippen molar-refractivity contribution >= 4 is 37.3 Å². The number of halogens is 1. The summed E-state index contributed by atoms with van der Waals surface area (Å²) in [5.74, 6) is 0. The van der Waals surface area contributed by atoms with E-state index in [1.54, 1.807) is 6.92 Å². The van der Waals surface area contributed by atoms with Crippen molar-refractivity contribution in [2.75, 3.05) is 13.1 Å². The molecule has 0 radical (unpaired) electrons. The molecule has 1 aromatic heterocycles. The number of hydrogen-bond acceptors (Lipinski definition) is 4. The Morgan fingerprint density at radius 3 is 2.72 bits per heavy atom. The summed E-state index contributed by atoms with van der Waals surface area (Å²) in [7, 11) is -3.25. The van der Waals surface area contributed by atoms with Gasteiger partial charge < -0.3 is 5.32 Å². The molecule has 0 saturated carbocycles. The molecule has 1 unspecified atom stereocenters. The molecule has 7 heteroatoms. The van der Waals surface area contributed by atoms with E-state index >= 15 is 0 Å². The van der Waals surface area contributed by atoms with Crippen molar-refractivity contribution in [2.45, 2.75) is 32.1 Å². The fourth-order valence-electron chi connectivity index (χ4n) is 1.35. The first-order chi connectivity index (χ1) is 8.45. The highest BCUT2D eigenvalue weighted by molar-refractivity contribution is 9.11. The van der Waals surface area contributed by atoms with Crippen LogP contribution >= 0.6 is 27.3 Å². The van der Waals surface area contributed by atoms with Gasteiger partial charge in [0.05, 0.1) is 9.04 Å². The highest BCUT2D eigenvalue weighted by Crippen LogP contribution is 2.21. The fraction of sp³-hybridized carbons (Fsp3) is 0.636. The Kier molecular flexibility index (Phi) is 6.79. The zero-order chi connectivity index (χ0) is 13.6. The smallest absolute Gasteiger partial charge is 0.215 e. The number of rotatable bonds is 8. The van der Waals surface area contributed by atoms with Crippen LogP contribution in [0.2, 0.25) is 0 Å². The predicted molar refractivity (Wildman–Crippen MR) is 80.4 cm³/mol. The van der Waals surface area contributed by atoms with E-state index in [2.05, 4.69) is 32.9 Å². The quantitative estimate of drug-likeness (QED) is 0.704. The van der Waals surface area contributed by atoms with Crippen molar-refractivity contribution < 1.29 is 8.42 Å². The summed E-state index contributed by atoms with van der Waals surface area (Å²) in [6, 6.07) is 3.83. The Morgan fingerprint density at radius 2 is 2.17 bits per heavy atom. The van der Waals surface area contributed by atoms with Gasteiger partial charge in [-0.1, -0.05) is 6.92 Å². The molecule has 0 saturated heterocycles. The summed E-state index contributed by atoms with van der Waals surface area (Å²) in [6.45, 7) is 5.46. The first-order valence-electron chi connectivity index (χ1n) is 5.89. The van der Waals surface area contributed by atoms with Crippen LogP contribution in [-0.2, 0) is 16.6 Å². The highest BCUT2D eigenvalue weighted by Gasteiger charge is 2.19. The Hall–Kier alpha value is 0.0500. The lowest BCUT2D eigenvalue weighted by molar-refractivity contribution is 0.557. The van der Waals surface area contributed by atoms with Crippen molar-refractivity contribution in [2.24, 2.45) is 0 Å². The zero-order valence-corrected chi connectivity index (χ0v) is 13.8. The minimum Gasteiger partial charge on any atom is -0.315 e. The van der Waals surface area contributed by atoms with E-state index in [9.17, 15) is 8.42 Å². The van der Waals surface area contributed by atoms with Gasteiger partial charge in [-0.2, -0.15) is 0 Å². The van der Waals surface area contributed by atoms with Crippen LogP contribution in [0.15, 0.2) is 15.9 Å². The lowest BCUT2D eigenvalue weighted by Crippen LogP contribution is -2.38. The molecule has 0 aliphatic rings. The van der Waals surface area contributed by atoms with Crippen molar-refractivity contribution in [3.8, 4) is 0 Å². The monoisotopic (exact) mass is 354 g/mol. The molecule has 1 heterocycles. The molecule has 1 atom stereocenters. The van der Waals surface area contributed by atoms with Gasteiger partial charge >= 0.3 is 0 Å². The second-order valence-electron chi connectivity index (χ2n) is 4.09. The molecular weight excluding hydrogens is 336 g/mol. The van der Waals surface area contributed by atoms with Gasteiger partial charge in [-0.05, 0) is 48.0 Å². The predicted octanol–water partition coefficient (Wildman–Crippen LogP) is 2.32. The summed E-state index contributed by atoms with van der Waals surface area (Å²) < 4.78 is 27.5. The maximum Gasteiger partial charge on any atom is 0.215 e. The summed E-state index contributed by atoms with van der Waals surface area (Å²) in [5.41, 5.74) is 0. The molecule has 0 spiro atoms. The molecule has 4 nitrogen and oxygen atoms in total. The maximum absolute atomic E-state index is 11.9. The maximum atomic E-state index is 11.9. The average molecular weight is 355 g/mol. The largest absolute Gasteiger partial charge is 0.315 e. The van der Waals surface area contributed by atoms with Crippen LogP contribution in [0, 0.1) is 0 Å². The van der Waals surface area contributed by atoms with Crippen LogP contribution in [0.25, 0.3) is 0 Å². The molecule has 0 fully saturated rings. The Morgan fingerprint density at radius 1 is 1.44 bits per heavy atom. The third-order valence-electron chi connectivity index (χ3n) is 2.46. The van der Waals surface area contributed by atoms with Crippen molar-refractivity contribution in [3.05, 3.63) is 20.8 Å². The second kappa shape index (κ2) is 7.59. The average Bonchev–Trinajstić information content (AvgIpc) is 2.73. The summed E-state index contributed by atoms with van der Waals surface area (Å²) >= 11 is 4.89. The molecule has 1 rings (SSSR count). The van der Waals surface area contributed by atoms with Gasteiger partial charge in [0.25, 0.3) is 0 Å². The first-order valence-corrected chi connectivity index (χ1v) is 9.04. The van der Waals surface area contributed by atoms with Crippen molar-refractivity contribution in [1.29, 1.82) is 0 Å². The van der Waals surface area contributed by atoms with Crippen LogP contribution in [0.5, 0.6) is 0 Å². The number of hydrogen-bond donors (Lipinski definition) is 2. The van der Waals surface area contributed by atoms with E-state index in [0.29, 0.717) is 13.1 Å². The number of thiophene rings is 1. The number of sulfonamides is 1. The van der Waals surface area contributed by atoms with E-state index in [1.165, 1.54) is 11.3 Å². The molecule has 1 aromatic rings.